The van der Waals surface area contributed by atoms with E-state index in [2.05, 4.69) is 14.8 Å². The van der Waals surface area contributed by atoms with E-state index in [1.807, 2.05) is 0 Å². The number of fused-ring (bicyclic) bond motifs is 1. The van der Waals surface area contributed by atoms with Crippen LogP contribution in [0.2, 0.25) is 0 Å². The molecule has 0 atom stereocenters. The zero-order chi connectivity index (χ0) is 22.6. The van der Waals surface area contributed by atoms with E-state index in [1.165, 1.54) is 12.1 Å². The number of esters is 2. The Morgan fingerprint density at radius 2 is 1.77 bits per heavy atom. The van der Waals surface area contributed by atoms with Gasteiger partial charge in [0.05, 0.1) is 31.5 Å². The van der Waals surface area contributed by atoms with Crippen molar-refractivity contribution in [1.82, 2.24) is 0 Å². The number of hydrogen-bond acceptors (Lipinski definition) is 8. The summed E-state index contributed by atoms with van der Waals surface area (Å²) in [5.41, 5.74) is -1.70. The topological polar surface area (TPSA) is 92.3 Å². The Morgan fingerprint density at radius 1 is 1.03 bits per heavy atom. The third-order valence-corrected chi connectivity index (χ3v) is 4.02. The summed E-state index contributed by atoms with van der Waals surface area (Å²) in [6.07, 6.45) is -3.92. The van der Waals surface area contributed by atoms with Gasteiger partial charge in [0.1, 0.15) is 11.4 Å². The molecule has 2 aromatic carbocycles. The van der Waals surface area contributed by atoms with Gasteiger partial charge in [-0.3, -0.25) is 0 Å². The molecule has 1 N–H and O–H groups in total. The molecular formula is C20H16F3NO7. The Bertz CT molecular complexity index is 1030. The van der Waals surface area contributed by atoms with Gasteiger partial charge in [-0.1, -0.05) is 0 Å². The third kappa shape index (κ3) is 5.18. The van der Waals surface area contributed by atoms with Gasteiger partial charge in [-0.15, -0.1) is 0 Å². The van der Waals surface area contributed by atoms with Crippen molar-refractivity contribution in [2.75, 3.05) is 26.3 Å². The normalized spacial score (nSPS) is 12.9. The van der Waals surface area contributed by atoms with Crippen LogP contribution in [0.25, 0.3) is 0 Å². The Morgan fingerprint density at radius 3 is 2.45 bits per heavy atom. The SMILES string of the molecule is COC(=O)/C=C(/Nc1cc(C(F)(F)F)ccc1Oc1ccc2c(c1)OCO2)C(=O)OC. The molecule has 164 valence electrons. The zero-order valence-electron chi connectivity index (χ0n) is 16.2. The molecule has 0 aliphatic carbocycles. The average Bonchev–Trinajstić information content (AvgIpc) is 3.20. The number of halogens is 3. The molecule has 31 heavy (non-hydrogen) atoms. The minimum Gasteiger partial charge on any atom is -0.466 e. The highest BCUT2D eigenvalue weighted by atomic mass is 19.4. The van der Waals surface area contributed by atoms with Gasteiger partial charge in [-0.05, 0) is 30.3 Å². The molecule has 0 fully saturated rings. The van der Waals surface area contributed by atoms with E-state index in [1.54, 1.807) is 6.07 Å². The van der Waals surface area contributed by atoms with Gasteiger partial charge in [0.25, 0.3) is 0 Å². The highest BCUT2D eigenvalue weighted by Gasteiger charge is 2.31. The molecule has 0 amide bonds. The lowest BCUT2D eigenvalue weighted by Gasteiger charge is -2.17. The van der Waals surface area contributed by atoms with Gasteiger partial charge < -0.3 is 29.0 Å². The Kier molecular flexibility index (Phi) is 6.23. The lowest BCUT2D eigenvalue weighted by molar-refractivity contribution is -0.138. The number of carbonyl (C=O) groups excluding carboxylic acids is 2. The molecule has 0 aromatic heterocycles. The van der Waals surface area contributed by atoms with Crippen LogP contribution in [-0.2, 0) is 25.2 Å². The van der Waals surface area contributed by atoms with Crippen molar-refractivity contribution in [3.63, 3.8) is 0 Å². The number of ether oxygens (including phenoxy) is 5. The summed E-state index contributed by atoms with van der Waals surface area (Å²) >= 11 is 0. The standard InChI is InChI=1S/C20H16F3NO7/c1-27-18(25)9-14(19(26)28-2)24-13-7-11(20(21,22)23)3-5-15(13)31-12-4-6-16-17(8-12)30-10-29-16/h3-9,24H,10H2,1-2H3/b14-9+. The molecule has 1 aliphatic heterocycles. The third-order valence-electron chi connectivity index (χ3n) is 4.02. The minimum absolute atomic E-state index is 0.0344. The number of hydrogen-bond donors (Lipinski definition) is 1. The smallest absolute Gasteiger partial charge is 0.416 e. The van der Waals surface area contributed by atoms with Crippen LogP contribution in [0.4, 0.5) is 18.9 Å². The monoisotopic (exact) mass is 439 g/mol. The molecule has 0 spiro atoms. The fraction of sp³-hybridized carbons (Fsp3) is 0.200. The number of alkyl halides is 3. The number of nitrogens with one attached hydrogen (secondary N) is 1. The van der Waals surface area contributed by atoms with Crippen molar-refractivity contribution in [3.05, 3.63) is 53.7 Å². The van der Waals surface area contributed by atoms with Crippen LogP contribution in [0, 0.1) is 0 Å². The Labute approximate surface area is 174 Å². The second-order valence-electron chi connectivity index (χ2n) is 6.02. The first kappa shape index (κ1) is 21.8. The largest absolute Gasteiger partial charge is 0.466 e. The van der Waals surface area contributed by atoms with Crippen molar-refractivity contribution in [3.8, 4) is 23.0 Å². The van der Waals surface area contributed by atoms with E-state index in [0.717, 1.165) is 38.5 Å². The molecule has 0 unspecified atom stereocenters. The lowest BCUT2D eigenvalue weighted by Crippen LogP contribution is -2.16. The van der Waals surface area contributed by atoms with Crippen LogP contribution in [0.5, 0.6) is 23.0 Å². The summed E-state index contributed by atoms with van der Waals surface area (Å²) in [7, 11) is 2.12. The van der Waals surface area contributed by atoms with E-state index in [4.69, 9.17) is 14.2 Å². The molecule has 0 saturated heterocycles. The molecule has 2 aromatic rings. The van der Waals surface area contributed by atoms with Gasteiger partial charge in [0.2, 0.25) is 6.79 Å². The van der Waals surface area contributed by atoms with Crippen LogP contribution in [0.15, 0.2) is 48.2 Å². The van der Waals surface area contributed by atoms with Crippen LogP contribution in [0.1, 0.15) is 5.56 Å². The Hall–Kier alpha value is -3.89. The van der Waals surface area contributed by atoms with Gasteiger partial charge in [0, 0.05) is 6.07 Å². The first-order chi connectivity index (χ1) is 14.7. The average molecular weight is 439 g/mol. The second-order valence-corrected chi connectivity index (χ2v) is 6.02. The van der Waals surface area contributed by atoms with Crippen molar-refractivity contribution in [2.45, 2.75) is 6.18 Å². The highest BCUT2D eigenvalue weighted by molar-refractivity contribution is 5.99. The van der Waals surface area contributed by atoms with E-state index < -0.39 is 29.4 Å². The molecule has 0 radical (unpaired) electrons. The number of anilines is 1. The maximum atomic E-state index is 13.2. The van der Waals surface area contributed by atoms with Gasteiger partial charge in [0.15, 0.2) is 17.2 Å². The first-order valence-electron chi connectivity index (χ1n) is 8.65. The maximum Gasteiger partial charge on any atom is 0.416 e. The van der Waals surface area contributed by atoms with E-state index in [0.29, 0.717) is 11.5 Å². The number of carbonyl (C=O) groups is 2. The lowest BCUT2D eigenvalue weighted by atomic mass is 10.1. The summed E-state index contributed by atoms with van der Waals surface area (Å²) in [6.45, 7) is 0.0344. The van der Waals surface area contributed by atoms with Gasteiger partial charge in [-0.2, -0.15) is 13.2 Å². The van der Waals surface area contributed by atoms with E-state index in [9.17, 15) is 22.8 Å². The predicted octanol–water partition coefficient (Wildman–Crippen LogP) is 3.87. The quantitative estimate of drug-likeness (QED) is 0.536. The van der Waals surface area contributed by atoms with E-state index >= 15 is 0 Å². The Balaban J connectivity index is 2.00. The minimum atomic E-state index is -4.66. The van der Waals surface area contributed by atoms with Crippen LogP contribution < -0.4 is 19.5 Å². The van der Waals surface area contributed by atoms with Gasteiger partial charge >= 0.3 is 18.1 Å². The van der Waals surface area contributed by atoms with Gasteiger partial charge in [-0.25, -0.2) is 9.59 Å². The maximum absolute atomic E-state index is 13.2. The first-order valence-corrected chi connectivity index (χ1v) is 8.65. The van der Waals surface area contributed by atoms with Crippen molar-refractivity contribution < 1.29 is 46.4 Å². The fourth-order valence-corrected chi connectivity index (χ4v) is 2.54. The zero-order valence-corrected chi connectivity index (χ0v) is 16.2. The highest BCUT2D eigenvalue weighted by Crippen LogP contribution is 2.40. The molecule has 1 aliphatic rings. The predicted molar refractivity (Wildman–Crippen MR) is 99.8 cm³/mol. The van der Waals surface area contributed by atoms with Crippen molar-refractivity contribution in [1.29, 1.82) is 0 Å². The summed E-state index contributed by atoms with van der Waals surface area (Å²) < 4.78 is 64.8. The molecule has 11 heteroatoms. The molecule has 8 nitrogen and oxygen atoms in total. The number of methoxy groups -OCH3 is 2. The van der Waals surface area contributed by atoms with Crippen molar-refractivity contribution >= 4 is 17.6 Å². The van der Waals surface area contributed by atoms with Crippen LogP contribution in [-0.4, -0.2) is 33.0 Å². The number of rotatable bonds is 6. The van der Waals surface area contributed by atoms with Crippen LogP contribution >= 0.6 is 0 Å². The summed E-state index contributed by atoms with van der Waals surface area (Å²) in [6, 6.07) is 7.22. The molecular weight excluding hydrogens is 423 g/mol. The molecule has 1 heterocycles. The number of benzene rings is 2. The summed E-state index contributed by atoms with van der Waals surface area (Å²) in [5.74, 6) is -0.850. The van der Waals surface area contributed by atoms with E-state index in [-0.39, 0.29) is 24.0 Å². The van der Waals surface area contributed by atoms with Crippen molar-refractivity contribution in [2.24, 2.45) is 0 Å². The second kappa shape index (κ2) is 8.86. The summed E-state index contributed by atoms with van der Waals surface area (Å²) in [5, 5.41) is 2.45. The molecule has 3 rings (SSSR count). The summed E-state index contributed by atoms with van der Waals surface area (Å²) in [4.78, 5) is 23.6. The molecule has 0 saturated carbocycles. The molecule has 0 bridgehead atoms. The van der Waals surface area contributed by atoms with Crippen LogP contribution in [0.3, 0.4) is 0 Å². The fourth-order valence-electron chi connectivity index (χ4n) is 2.54.